The van der Waals surface area contributed by atoms with Crippen LogP contribution in [0.3, 0.4) is 0 Å². The molecule has 92 valence electrons. The molecule has 0 aliphatic rings. The van der Waals surface area contributed by atoms with Gasteiger partial charge in [0.2, 0.25) is 11.8 Å². The molecule has 0 bridgehead atoms. The Bertz CT molecular complexity index is 314. The van der Waals surface area contributed by atoms with E-state index in [-0.39, 0.29) is 11.5 Å². The van der Waals surface area contributed by atoms with E-state index < -0.39 is 0 Å². The fraction of sp³-hybridized carbons (Fsp3) is 0.833. The van der Waals surface area contributed by atoms with Crippen LogP contribution >= 0.6 is 0 Å². The zero-order valence-electron chi connectivity index (χ0n) is 11.0. The highest BCUT2D eigenvalue weighted by atomic mass is 16.4. The van der Waals surface area contributed by atoms with E-state index in [4.69, 9.17) is 4.42 Å². The molecular weight excluding hydrogens is 202 g/mol. The second kappa shape index (κ2) is 5.43. The van der Waals surface area contributed by atoms with Crippen LogP contribution in [0.2, 0.25) is 0 Å². The van der Waals surface area contributed by atoms with Crippen LogP contribution in [0.4, 0.5) is 0 Å². The Balaban J connectivity index is 2.57. The molecule has 0 amide bonds. The van der Waals surface area contributed by atoms with E-state index in [1.54, 1.807) is 0 Å². The number of rotatable bonds is 5. The molecule has 0 aliphatic carbocycles. The first-order valence-corrected chi connectivity index (χ1v) is 5.98. The average molecular weight is 225 g/mol. The Morgan fingerprint density at radius 3 is 2.56 bits per heavy atom. The molecule has 0 aromatic carbocycles. The first-order chi connectivity index (χ1) is 7.42. The quantitative estimate of drug-likeness (QED) is 0.837. The molecule has 1 aromatic heterocycles. The maximum absolute atomic E-state index is 5.63. The van der Waals surface area contributed by atoms with Crippen molar-refractivity contribution in [2.24, 2.45) is 5.41 Å². The van der Waals surface area contributed by atoms with Crippen LogP contribution < -0.4 is 5.32 Å². The molecule has 0 aliphatic heterocycles. The van der Waals surface area contributed by atoms with E-state index in [1.807, 2.05) is 6.92 Å². The van der Waals surface area contributed by atoms with Gasteiger partial charge in [-0.2, -0.15) is 0 Å². The number of nitrogens with zero attached hydrogens (tertiary/aromatic N) is 2. The molecular formula is C12H23N3O. The Hall–Kier alpha value is -0.900. The third-order valence-corrected chi connectivity index (χ3v) is 2.23. The molecule has 0 fully saturated rings. The smallest absolute Gasteiger partial charge is 0.233 e. The van der Waals surface area contributed by atoms with Crippen molar-refractivity contribution in [1.82, 2.24) is 15.5 Å². The fourth-order valence-electron chi connectivity index (χ4n) is 1.41. The molecule has 1 rings (SSSR count). The third kappa shape index (κ3) is 4.31. The maximum Gasteiger partial charge on any atom is 0.233 e. The van der Waals surface area contributed by atoms with E-state index in [0.29, 0.717) is 5.89 Å². The average Bonchev–Trinajstić information content (AvgIpc) is 2.59. The Morgan fingerprint density at radius 2 is 2.00 bits per heavy atom. The monoisotopic (exact) mass is 225 g/mol. The molecule has 0 saturated carbocycles. The van der Waals surface area contributed by atoms with Crippen molar-refractivity contribution in [3.8, 4) is 0 Å². The molecule has 0 spiro atoms. The molecule has 4 heteroatoms. The van der Waals surface area contributed by atoms with Gasteiger partial charge in [0.25, 0.3) is 0 Å². The van der Waals surface area contributed by atoms with Crippen molar-refractivity contribution in [2.45, 2.75) is 53.5 Å². The summed E-state index contributed by atoms with van der Waals surface area (Å²) in [5, 5.41) is 11.5. The molecule has 1 N–H and O–H groups in total. The van der Waals surface area contributed by atoms with E-state index >= 15 is 0 Å². The SMILES string of the molecule is CCCNC(C)c1nnc(CC(C)(C)C)o1. The van der Waals surface area contributed by atoms with Crippen LogP contribution in [-0.2, 0) is 6.42 Å². The molecule has 1 unspecified atom stereocenters. The van der Waals surface area contributed by atoms with E-state index in [0.717, 1.165) is 25.3 Å². The van der Waals surface area contributed by atoms with E-state index in [1.165, 1.54) is 0 Å². The summed E-state index contributed by atoms with van der Waals surface area (Å²) in [5.74, 6) is 1.42. The lowest BCUT2D eigenvalue weighted by atomic mass is 9.92. The summed E-state index contributed by atoms with van der Waals surface area (Å²) in [6.45, 7) is 11.6. The van der Waals surface area contributed by atoms with Gasteiger partial charge in [-0.3, -0.25) is 0 Å². The Morgan fingerprint density at radius 1 is 1.31 bits per heavy atom. The van der Waals surface area contributed by atoms with E-state index in [9.17, 15) is 0 Å². The summed E-state index contributed by atoms with van der Waals surface area (Å²) >= 11 is 0. The molecule has 1 atom stereocenters. The van der Waals surface area contributed by atoms with Crippen LogP contribution in [-0.4, -0.2) is 16.7 Å². The van der Waals surface area contributed by atoms with Crippen molar-refractivity contribution in [3.63, 3.8) is 0 Å². The first kappa shape index (κ1) is 13.2. The highest BCUT2D eigenvalue weighted by Crippen LogP contribution is 2.20. The summed E-state index contributed by atoms with van der Waals surface area (Å²) < 4.78 is 5.63. The van der Waals surface area contributed by atoms with Gasteiger partial charge in [-0.1, -0.05) is 27.7 Å². The highest BCUT2D eigenvalue weighted by Gasteiger charge is 2.18. The van der Waals surface area contributed by atoms with Crippen molar-refractivity contribution in [1.29, 1.82) is 0 Å². The van der Waals surface area contributed by atoms with Gasteiger partial charge in [0.15, 0.2) is 0 Å². The van der Waals surface area contributed by atoms with E-state index in [2.05, 4.69) is 43.2 Å². The number of hydrogen-bond donors (Lipinski definition) is 1. The molecule has 1 heterocycles. The Labute approximate surface area is 97.8 Å². The maximum atomic E-state index is 5.63. The van der Waals surface area contributed by atoms with Crippen LogP contribution in [0.15, 0.2) is 4.42 Å². The van der Waals surface area contributed by atoms with Gasteiger partial charge in [-0.15, -0.1) is 10.2 Å². The summed E-state index contributed by atoms with van der Waals surface area (Å²) in [7, 11) is 0. The van der Waals surface area contributed by atoms with Gasteiger partial charge >= 0.3 is 0 Å². The van der Waals surface area contributed by atoms with Crippen molar-refractivity contribution in [2.75, 3.05) is 6.54 Å². The van der Waals surface area contributed by atoms with Crippen LogP contribution in [0, 0.1) is 5.41 Å². The molecule has 4 nitrogen and oxygen atoms in total. The van der Waals surface area contributed by atoms with Gasteiger partial charge < -0.3 is 9.73 Å². The van der Waals surface area contributed by atoms with Crippen LogP contribution in [0.1, 0.15) is 58.9 Å². The zero-order chi connectivity index (χ0) is 12.2. The van der Waals surface area contributed by atoms with Crippen LogP contribution in [0.5, 0.6) is 0 Å². The number of aromatic nitrogens is 2. The van der Waals surface area contributed by atoms with Crippen molar-refractivity contribution >= 4 is 0 Å². The largest absolute Gasteiger partial charge is 0.424 e. The second-order valence-corrected chi connectivity index (χ2v) is 5.45. The van der Waals surface area contributed by atoms with Crippen molar-refractivity contribution < 1.29 is 4.42 Å². The summed E-state index contributed by atoms with van der Waals surface area (Å²) in [6.07, 6.45) is 1.92. The lowest BCUT2D eigenvalue weighted by Gasteiger charge is -2.14. The van der Waals surface area contributed by atoms with Gasteiger partial charge in [0.1, 0.15) is 0 Å². The predicted molar refractivity (Wildman–Crippen MR) is 64.2 cm³/mol. The fourth-order valence-corrected chi connectivity index (χ4v) is 1.41. The minimum atomic E-state index is 0.140. The predicted octanol–water partition coefficient (Wildman–Crippen LogP) is 2.72. The standard InChI is InChI=1S/C12H23N3O/c1-6-7-13-9(2)11-15-14-10(16-11)8-12(3,4)5/h9,13H,6-8H2,1-5H3. The molecule has 1 aromatic rings. The molecule has 0 saturated heterocycles. The highest BCUT2D eigenvalue weighted by molar-refractivity contribution is 4.90. The molecule has 16 heavy (non-hydrogen) atoms. The second-order valence-electron chi connectivity index (χ2n) is 5.45. The number of hydrogen-bond acceptors (Lipinski definition) is 4. The lowest BCUT2D eigenvalue weighted by molar-refractivity contribution is 0.332. The van der Waals surface area contributed by atoms with Gasteiger partial charge in [-0.25, -0.2) is 0 Å². The Kier molecular flexibility index (Phi) is 4.47. The minimum absolute atomic E-state index is 0.140. The summed E-state index contributed by atoms with van der Waals surface area (Å²) in [6, 6.07) is 0.140. The normalized spacial score (nSPS) is 14.1. The van der Waals surface area contributed by atoms with Crippen molar-refractivity contribution in [3.05, 3.63) is 11.8 Å². The third-order valence-electron chi connectivity index (χ3n) is 2.23. The minimum Gasteiger partial charge on any atom is -0.424 e. The van der Waals surface area contributed by atoms with Gasteiger partial charge in [0, 0.05) is 6.42 Å². The number of nitrogens with one attached hydrogen (secondary N) is 1. The zero-order valence-corrected chi connectivity index (χ0v) is 11.0. The first-order valence-electron chi connectivity index (χ1n) is 5.98. The molecule has 0 radical (unpaired) electrons. The topological polar surface area (TPSA) is 51.0 Å². The van der Waals surface area contributed by atoms with Gasteiger partial charge in [0.05, 0.1) is 6.04 Å². The van der Waals surface area contributed by atoms with Gasteiger partial charge in [-0.05, 0) is 25.3 Å². The lowest BCUT2D eigenvalue weighted by Crippen LogP contribution is -2.19. The summed E-state index contributed by atoms with van der Waals surface area (Å²) in [4.78, 5) is 0. The van der Waals surface area contributed by atoms with Crippen LogP contribution in [0.25, 0.3) is 0 Å². The summed E-state index contributed by atoms with van der Waals surface area (Å²) in [5.41, 5.74) is 0.184.